The lowest BCUT2D eigenvalue weighted by Crippen LogP contribution is -2.45. The Labute approximate surface area is 303 Å². The van der Waals surface area contributed by atoms with Crippen LogP contribution in [0, 0.1) is 0 Å². The summed E-state index contributed by atoms with van der Waals surface area (Å²) in [6.07, 6.45) is 6.25. The standard InChI is InChI=1S/C40H69FO4Si4/c1-40(41,22-10-26-46(2,3)36-14-18-38(19-15-36)48(6,7)28-12-24-42-30-34-32-44-34)23-11-27-47(4,5)37-16-20-39(21-17-37)49(8,9)29-13-25-43-31-35-33-45-35/h14-21,34-35H,10-13,22-33H2,1-9H3. The first kappa shape index (κ1) is 40.8. The van der Waals surface area contributed by atoms with E-state index in [0.717, 1.165) is 77.4 Å². The summed E-state index contributed by atoms with van der Waals surface area (Å²) >= 11 is 0. The summed E-state index contributed by atoms with van der Waals surface area (Å²) in [6.45, 7) is 26.5. The zero-order chi connectivity index (χ0) is 35.8. The first-order valence-corrected chi connectivity index (χ1v) is 32.1. The van der Waals surface area contributed by atoms with Gasteiger partial charge in [-0.2, -0.15) is 0 Å². The molecule has 2 fully saturated rings. The number of hydrogen-bond donors (Lipinski definition) is 0. The molecule has 0 N–H and O–H groups in total. The molecule has 0 aliphatic carbocycles. The van der Waals surface area contributed by atoms with Crippen LogP contribution < -0.4 is 20.7 Å². The van der Waals surface area contributed by atoms with Gasteiger partial charge < -0.3 is 18.9 Å². The summed E-state index contributed by atoms with van der Waals surface area (Å²) < 4.78 is 37.8. The highest BCUT2D eigenvalue weighted by Crippen LogP contribution is 2.29. The zero-order valence-electron chi connectivity index (χ0n) is 32.6. The van der Waals surface area contributed by atoms with E-state index >= 15 is 4.39 Å². The quantitative estimate of drug-likeness (QED) is 0.0622. The van der Waals surface area contributed by atoms with Gasteiger partial charge in [0.25, 0.3) is 0 Å². The van der Waals surface area contributed by atoms with E-state index in [-0.39, 0.29) is 0 Å². The fourth-order valence-electron chi connectivity index (χ4n) is 7.24. The summed E-state index contributed by atoms with van der Waals surface area (Å²) in [6, 6.07) is 24.0. The monoisotopic (exact) mass is 744 g/mol. The van der Waals surface area contributed by atoms with Gasteiger partial charge >= 0.3 is 0 Å². The minimum atomic E-state index is -1.62. The van der Waals surface area contributed by atoms with E-state index in [9.17, 15) is 0 Å². The van der Waals surface area contributed by atoms with Crippen molar-refractivity contribution in [2.75, 3.05) is 39.6 Å². The van der Waals surface area contributed by atoms with Crippen LogP contribution in [0.2, 0.25) is 76.6 Å². The van der Waals surface area contributed by atoms with Gasteiger partial charge in [0.15, 0.2) is 0 Å². The number of halogens is 1. The van der Waals surface area contributed by atoms with Crippen molar-refractivity contribution >= 4 is 53.0 Å². The van der Waals surface area contributed by atoms with Crippen LogP contribution in [0.4, 0.5) is 4.39 Å². The van der Waals surface area contributed by atoms with Crippen LogP contribution in [0.25, 0.3) is 0 Å². The minimum absolute atomic E-state index is 0.353. The highest BCUT2D eigenvalue weighted by molar-refractivity contribution is 6.92. The van der Waals surface area contributed by atoms with Gasteiger partial charge in [-0.15, -0.1) is 0 Å². The maximum Gasteiger partial charge on any atom is 0.108 e. The molecular formula is C40H69FO4Si4. The molecular weight excluding hydrogens is 676 g/mol. The molecule has 2 saturated heterocycles. The minimum Gasteiger partial charge on any atom is -0.379 e. The Morgan fingerprint density at radius 3 is 1.08 bits per heavy atom. The second-order valence-electron chi connectivity index (χ2n) is 18.1. The molecule has 0 radical (unpaired) electrons. The lowest BCUT2D eigenvalue weighted by molar-refractivity contribution is 0.117. The van der Waals surface area contributed by atoms with E-state index < -0.39 is 38.0 Å². The Balaban J connectivity index is 1.16. The lowest BCUT2D eigenvalue weighted by Gasteiger charge is -2.29. The summed E-state index contributed by atoms with van der Waals surface area (Å²) in [5, 5.41) is 6.08. The third-order valence-electron chi connectivity index (χ3n) is 11.5. The van der Waals surface area contributed by atoms with E-state index in [2.05, 4.69) is 101 Å². The molecule has 0 spiro atoms. The Bertz CT molecular complexity index is 1170. The number of hydrogen-bond acceptors (Lipinski definition) is 4. The molecule has 0 saturated carbocycles. The molecule has 49 heavy (non-hydrogen) atoms. The maximum absolute atomic E-state index is 15.8. The first-order chi connectivity index (χ1) is 23.0. The van der Waals surface area contributed by atoms with Crippen LogP contribution in [0.3, 0.4) is 0 Å². The second-order valence-corrected chi connectivity index (χ2v) is 37.5. The molecule has 0 amide bonds. The molecule has 2 aromatic carbocycles. The van der Waals surface area contributed by atoms with Crippen molar-refractivity contribution in [1.82, 2.24) is 0 Å². The Morgan fingerprint density at radius 1 is 0.551 bits per heavy atom. The van der Waals surface area contributed by atoms with E-state index in [4.69, 9.17) is 18.9 Å². The number of rotatable bonds is 24. The number of alkyl halides is 1. The second kappa shape index (κ2) is 17.7. The molecule has 276 valence electrons. The van der Waals surface area contributed by atoms with Crippen molar-refractivity contribution in [3.8, 4) is 0 Å². The predicted octanol–water partition coefficient (Wildman–Crippen LogP) is 7.95. The van der Waals surface area contributed by atoms with Crippen molar-refractivity contribution in [3.05, 3.63) is 48.5 Å². The van der Waals surface area contributed by atoms with Gasteiger partial charge in [0.1, 0.15) is 17.9 Å². The van der Waals surface area contributed by atoms with Gasteiger partial charge in [0, 0.05) is 13.2 Å². The number of benzene rings is 2. The zero-order valence-corrected chi connectivity index (χ0v) is 36.6. The maximum atomic E-state index is 15.8. The molecule has 2 aliphatic heterocycles. The van der Waals surface area contributed by atoms with Crippen molar-refractivity contribution < 1.29 is 23.3 Å². The van der Waals surface area contributed by atoms with Crippen LogP contribution in [0.5, 0.6) is 0 Å². The fourth-order valence-corrected chi connectivity index (χ4v) is 16.8. The molecule has 2 unspecified atom stereocenters. The van der Waals surface area contributed by atoms with Crippen LogP contribution in [0.1, 0.15) is 45.4 Å². The van der Waals surface area contributed by atoms with Gasteiger partial charge in [-0.25, -0.2) is 4.39 Å². The van der Waals surface area contributed by atoms with Crippen LogP contribution >= 0.6 is 0 Å². The summed E-state index contributed by atoms with van der Waals surface area (Å²) in [5.74, 6) is 0. The molecule has 0 aromatic heterocycles. The molecule has 9 heteroatoms. The van der Waals surface area contributed by atoms with Crippen molar-refractivity contribution in [1.29, 1.82) is 0 Å². The van der Waals surface area contributed by atoms with E-state index in [0.29, 0.717) is 25.0 Å². The average molecular weight is 745 g/mol. The molecule has 4 rings (SSSR count). The SMILES string of the molecule is CC(F)(CCC[Si](C)(C)c1ccc([Si](C)(C)CCCOCC2CO2)cc1)CCC[Si](C)(C)c1ccc([Si](C)(C)CCCOCC2CO2)cc1. The van der Waals surface area contributed by atoms with E-state index in [1.54, 1.807) is 0 Å². The smallest absolute Gasteiger partial charge is 0.108 e. The topological polar surface area (TPSA) is 43.5 Å². The predicted molar refractivity (Wildman–Crippen MR) is 219 cm³/mol. The van der Waals surface area contributed by atoms with E-state index in [1.165, 1.54) is 32.8 Å². The molecule has 4 nitrogen and oxygen atoms in total. The summed E-state index contributed by atoms with van der Waals surface area (Å²) in [7, 11) is -6.22. The average Bonchev–Trinajstić information content (AvgIpc) is 3.97. The van der Waals surface area contributed by atoms with Gasteiger partial charge in [-0.05, 0) is 32.6 Å². The molecule has 2 atom stereocenters. The Morgan fingerprint density at radius 2 is 0.816 bits per heavy atom. The van der Waals surface area contributed by atoms with Gasteiger partial charge in [0.2, 0.25) is 0 Å². The van der Waals surface area contributed by atoms with Crippen LogP contribution in [-0.2, 0) is 18.9 Å². The summed E-state index contributed by atoms with van der Waals surface area (Å²) in [4.78, 5) is 0. The number of ether oxygens (including phenoxy) is 4. The van der Waals surface area contributed by atoms with Crippen molar-refractivity contribution in [3.63, 3.8) is 0 Å². The van der Waals surface area contributed by atoms with Gasteiger partial charge in [0.05, 0.1) is 58.7 Å². The molecule has 0 bridgehead atoms. The van der Waals surface area contributed by atoms with Crippen LogP contribution in [-0.4, -0.2) is 89.8 Å². The van der Waals surface area contributed by atoms with E-state index in [1.807, 2.05) is 6.92 Å². The molecule has 2 aromatic rings. The number of epoxide rings is 2. The van der Waals surface area contributed by atoms with Crippen molar-refractivity contribution in [2.45, 2.75) is 140 Å². The van der Waals surface area contributed by atoms with Crippen LogP contribution in [0.15, 0.2) is 48.5 Å². The first-order valence-electron chi connectivity index (χ1n) is 19.3. The van der Waals surface area contributed by atoms with Gasteiger partial charge in [-0.1, -0.05) is 159 Å². The van der Waals surface area contributed by atoms with Crippen molar-refractivity contribution in [2.24, 2.45) is 0 Å². The molecule has 2 heterocycles. The third kappa shape index (κ3) is 13.9. The summed E-state index contributed by atoms with van der Waals surface area (Å²) in [5.41, 5.74) is -1.08. The third-order valence-corrected chi connectivity index (χ3v) is 25.5. The fraction of sp³-hybridized carbons (Fsp3) is 0.700. The Hall–Kier alpha value is -0.922. The molecule has 2 aliphatic rings. The normalized spacial score (nSPS) is 19.6. The van der Waals surface area contributed by atoms with Gasteiger partial charge in [-0.3, -0.25) is 0 Å². The highest BCUT2D eigenvalue weighted by Gasteiger charge is 2.31. The Kier molecular flexibility index (Phi) is 14.8. The lowest BCUT2D eigenvalue weighted by atomic mass is 9.97. The highest BCUT2D eigenvalue weighted by atomic mass is 28.3. The largest absolute Gasteiger partial charge is 0.379 e.